The molecule has 0 atom stereocenters. The predicted octanol–water partition coefficient (Wildman–Crippen LogP) is 3.68. The lowest BCUT2D eigenvalue weighted by molar-refractivity contribution is 0.415. The van der Waals surface area contributed by atoms with Gasteiger partial charge in [0.05, 0.1) is 13.3 Å². The third kappa shape index (κ3) is 2.99. The molecule has 3 aromatic rings. The molecule has 6 nitrogen and oxygen atoms in total. The van der Waals surface area contributed by atoms with Gasteiger partial charge in [-0.2, -0.15) is 4.98 Å². The summed E-state index contributed by atoms with van der Waals surface area (Å²) in [6, 6.07) is 8.91. The Morgan fingerprint density at radius 1 is 1.27 bits per heavy atom. The van der Waals surface area contributed by atoms with Crippen LogP contribution in [0.25, 0.3) is 11.3 Å². The quantitative estimate of drug-likeness (QED) is 0.739. The lowest BCUT2D eigenvalue weighted by Crippen LogP contribution is -1.97. The van der Waals surface area contributed by atoms with Crippen LogP contribution < -0.4 is 10.1 Å². The van der Waals surface area contributed by atoms with Crippen molar-refractivity contribution in [2.75, 3.05) is 12.4 Å². The van der Waals surface area contributed by atoms with Crippen molar-refractivity contribution in [1.82, 2.24) is 15.1 Å². The van der Waals surface area contributed by atoms with Gasteiger partial charge in [-0.05, 0) is 35.9 Å². The number of hydrogen-bond acceptors (Lipinski definition) is 6. The number of rotatable bonds is 4. The second kappa shape index (κ2) is 5.98. The van der Waals surface area contributed by atoms with Gasteiger partial charge in [0.15, 0.2) is 11.6 Å². The van der Waals surface area contributed by atoms with Gasteiger partial charge in [0.2, 0.25) is 11.2 Å². The number of aromatic nitrogens is 3. The van der Waals surface area contributed by atoms with Gasteiger partial charge in [-0.3, -0.25) is 0 Å². The number of halogens is 2. The monoisotopic (exact) mass is 320 g/mol. The number of methoxy groups -OCH3 is 1. The molecule has 0 bridgehead atoms. The topological polar surface area (TPSA) is 73.1 Å². The molecule has 22 heavy (non-hydrogen) atoms. The molecular weight excluding hydrogens is 311 g/mol. The summed E-state index contributed by atoms with van der Waals surface area (Å²) >= 11 is 5.63. The van der Waals surface area contributed by atoms with Gasteiger partial charge in [-0.1, -0.05) is 5.16 Å². The maximum absolute atomic E-state index is 13.5. The van der Waals surface area contributed by atoms with Gasteiger partial charge in [-0.25, -0.2) is 9.37 Å². The van der Waals surface area contributed by atoms with Crippen LogP contribution in [0.4, 0.5) is 16.1 Å². The Balaban J connectivity index is 1.82. The van der Waals surface area contributed by atoms with Gasteiger partial charge in [0.1, 0.15) is 11.4 Å². The van der Waals surface area contributed by atoms with E-state index in [1.807, 2.05) is 12.1 Å². The first-order valence-corrected chi connectivity index (χ1v) is 6.60. The molecule has 0 aliphatic rings. The third-order valence-electron chi connectivity index (χ3n) is 2.85. The zero-order valence-electron chi connectivity index (χ0n) is 11.4. The minimum atomic E-state index is -0.646. The summed E-state index contributed by atoms with van der Waals surface area (Å²) in [5.74, 6) is 0.243. The Labute approximate surface area is 129 Å². The summed E-state index contributed by atoms with van der Waals surface area (Å²) in [5.41, 5.74) is 1.42. The molecule has 0 aliphatic heterocycles. The van der Waals surface area contributed by atoms with Crippen LogP contribution in [0.2, 0.25) is 5.28 Å². The van der Waals surface area contributed by atoms with Crippen molar-refractivity contribution < 1.29 is 13.7 Å². The molecule has 0 fully saturated rings. The summed E-state index contributed by atoms with van der Waals surface area (Å²) in [6.45, 7) is 0. The first kappa shape index (κ1) is 14.3. The minimum absolute atomic E-state index is 0.0706. The molecule has 0 saturated heterocycles. The molecule has 0 spiro atoms. The molecule has 0 unspecified atom stereocenters. The van der Waals surface area contributed by atoms with Crippen LogP contribution in [0, 0.1) is 5.82 Å². The lowest BCUT2D eigenvalue weighted by atomic mass is 10.1. The molecule has 1 N–H and O–H groups in total. The van der Waals surface area contributed by atoms with Crippen LogP contribution in [0.3, 0.4) is 0 Å². The molecule has 2 aromatic heterocycles. The Hall–Kier alpha value is -2.67. The summed E-state index contributed by atoms with van der Waals surface area (Å²) < 4.78 is 23.7. The zero-order valence-corrected chi connectivity index (χ0v) is 12.1. The normalized spacial score (nSPS) is 10.5. The van der Waals surface area contributed by atoms with E-state index in [4.69, 9.17) is 20.9 Å². The van der Waals surface area contributed by atoms with Crippen LogP contribution >= 0.6 is 11.6 Å². The molecule has 0 saturated carbocycles. The average Bonchev–Trinajstić information content (AvgIpc) is 2.99. The standard InChI is InChI=1S/C14H10ClFN4O2/c1-21-9-4-2-8(3-5-9)11-6-12(22-20-11)18-13-10(16)7-17-14(15)19-13/h2-7H,1H3,(H,17,18,19). The van der Waals surface area contributed by atoms with Crippen molar-refractivity contribution in [2.45, 2.75) is 0 Å². The maximum Gasteiger partial charge on any atom is 0.230 e. The Bertz CT molecular complexity index is 792. The van der Waals surface area contributed by atoms with E-state index in [0.29, 0.717) is 5.69 Å². The SMILES string of the molecule is COc1ccc(-c2cc(Nc3nc(Cl)ncc3F)on2)cc1. The van der Waals surface area contributed by atoms with Crippen molar-refractivity contribution in [3.8, 4) is 17.0 Å². The lowest BCUT2D eigenvalue weighted by Gasteiger charge is -2.01. The first-order chi connectivity index (χ1) is 10.7. The number of benzene rings is 1. The molecular formula is C14H10ClFN4O2. The molecule has 112 valence electrons. The van der Waals surface area contributed by atoms with Crippen molar-refractivity contribution in [1.29, 1.82) is 0 Å². The molecule has 2 heterocycles. The van der Waals surface area contributed by atoms with Crippen molar-refractivity contribution in [2.24, 2.45) is 0 Å². The summed E-state index contributed by atoms with van der Waals surface area (Å²) in [6.07, 6.45) is 0.971. The molecule has 8 heteroatoms. The number of nitrogens with zero attached hydrogens (tertiary/aromatic N) is 3. The maximum atomic E-state index is 13.5. The van der Waals surface area contributed by atoms with Gasteiger partial charge in [0.25, 0.3) is 0 Å². The Kier molecular flexibility index (Phi) is 3.88. The van der Waals surface area contributed by atoms with E-state index in [0.717, 1.165) is 17.5 Å². The predicted molar refractivity (Wildman–Crippen MR) is 78.8 cm³/mol. The van der Waals surface area contributed by atoms with E-state index in [2.05, 4.69) is 20.4 Å². The fraction of sp³-hybridized carbons (Fsp3) is 0.0714. The van der Waals surface area contributed by atoms with Crippen LogP contribution in [0.15, 0.2) is 41.1 Å². The van der Waals surface area contributed by atoms with Crippen LogP contribution in [0.1, 0.15) is 0 Å². The third-order valence-corrected chi connectivity index (χ3v) is 3.03. The summed E-state index contributed by atoms with van der Waals surface area (Å²) in [4.78, 5) is 7.27. The number of hydrogen-bond donors (Lipinski definition) is 1. The molecule has 0 amide bonds. The zero-order chi connectivity index (χ0) is 15.5. The number of nitrogens with one attached hydrogen (secondary N) is 1. The molecule has 1 aromatic carbocycles. The summed E-state index contributed by atoms with van der Waals surface area (Å²) in [5, 5.41) is 6.50. The van der Waals surface area contributed by atoms with Gasteiger partial charge < -0.3 is 14.6 Å². The Morgan fingerprint density at radius 3 is 2.77 bits per heavy atom. The fourth-order valence-corrected chi connectivity index (χ4v) is 1.92. The van der Waals surface area contributed by atoms with Crippen molar-refractivity contribution >= 4 is 23.3 Å². The van der Waals surface area contributed by atoms with Crippen LogP contribution in [-0.2, 0) is 0 Å². The van der Waals surface area contributed by atoms with Crippen molar-refractivity contribution in [3.05, 3.63) is 47.6 Å². The van der Waals surface area contributed by atoms with E-state index in [-0.39, 0.29) is 17.0 Å². The van der Waals surface area contributed by atoms with Gasteiger partial charge in [0, 0.05) is 11.6 Å². The number of anilines is 2. The molecule has 3 rings (SSSR count). The highest BCUT2D eigenvalue weighted by Crippen LogP contribution is 2.26. The van der Waals surface area contributed by atoms with Crippen molar-refractivity contribution in [3.63, 3.8) is 0 Å². The van der Waals surface area contributed by atoms with E-state index in [9.17, 15) is 4.39 Å². The molecule has 0 aliphatic carbocycles. The second-order valence-electron chi connectivity index (χ2n) is 4.27. The van der Waals surface area contributed by atoms with Gasteiger partial charge in [-0.15, -0.1) is 0 Å². The highest BCUT2D eigenvalue weighted by Gasteiger charge is 2.11. The first-order valence-electron chi connectivity index (χ1n) is 6.22. The number of ether oxygens (including phenoxy) is 1. The smallest absolute Gasteiger partial charge is 0.230 e. The van der Waals surface area contributed by atoms with Crippen LogP contribution in [-0.4, -0.2) is 22.2 Å². The second-order valence-corrected chi connectivity index (χ2v) is 4.60. The highest BCUT2D eigenvalue weighted by molar-refractivity contribution is 6.28. The molecule has 0 radical (unpaired) electrons. The minimum Gasteiger partial charge on any atom is -0.497 e. The van der Waals surface area contributed by atoms with E-state index < -0.39 is 5.82 Å². The summed E-state index contributed by atoms with van der Waals surface area (Å²) in [7, 11) is 1.59. The van der Waals surface area contributed by atoms with E-state index in [1.165, 1.54) is 0 Å². The fourth-order valence-electron chi connectivity index (χ4n) is 1.78. The largest absolute Gasteiger partial charge is 0.497 e. The average molecular weight is 321 g/mol. The van der Waals surface area contributed by atoms with E-state index >= 15 is 0 Å². The van der Waals surface area contributed by atoms with E-state index in [1.54, 1.807) is 25.3 Å². The van der Waals surface area contributed by atoms with Crippen LogP contribution in [0.5, 0.6) is 5.75 Å². The Morgan fingerprint density at radius 2 is 2.05 bits per heavy atom. The van der Waals surface area contributed by atoms with Gasteiger partial charge >= 0.3 is 0 Å². The highest BCUT2D eigenvalue weighted by atomic mass is 35.5.